The molecule has 1 aliphatic rings. The van der Waals surface area contributed by atoms with Gasteiger partial charge in [0, 0.05) is 57.0 Å². The van der Waals surface area contributed by atoms with Gasteiger partial charge in [-0.15, -0.1) is 0 Å². The fourth-order valence-electron chi connectivity index (χ4n) is 4.03. The fraction of sp³-hybridized carbons (Fsp3) is 0.269. The number of nitrogens with zero attached hydrogens (tertiary/aromatic N) is 3. The third-order valence-corrected chi connectivity index (χ3v) is 6.07. The molecule has 0 spiro atoms. The van der Waals surface area contributed by atoms with Gasteiger partial charge in [0.2, 0.25) is 0 Å². The summed E-state index contributed by atoms with van der Waals surface area (Å²) in [4.78, 5) is 27.3. The molecule has 9 heteroatoms. The first-order chi connectivity index (χ1) is 16.7. The molecular formula is C26H24F2N4O3. The van der Waals surface area contributed by atoms with Crippen LogP contribution in [0.15, 0.2) is 53.5 Å². The molecule has 1 N–H and O–H groups in total. The van der Waals surface area contributed by atoms with Crippen molar-refractivity contribution in [1.29, 1.82) is 5.26 Å². The maximum atomic E-state index is 13.9. The van der Waals surface area contributed by atoms with Gasteiger partial charge in [-0.1, -0.05) is 0 Å². The summed E-state index contributed by atoms with van der Waals surface area (Å²) in [5.74, 6) is -1.96. The molecule has 35 heavy (non-hydrogen) atoms. The van der Waals surface area contributed by atoms with Gasteiger partial charge in [-0.25, -0.2) is 8.78 Å². The molecule has 7 nitrogen and oxygen atoms in total. The van der Waals surface area contributed by atoms with Crippen LogP contribution in [-0.2, 0) is 7.05 Å². The molecule has 0 atom stereocenters. The van der Waals surface area contributed by atoms with E-state index in [9.17, 15) is 23.6 Å². The van der Waals surface area contributed by atoms with E-state index in [1.807, 2.05) is 4.90 Å². The van der Waals surface area contributed by atoms with E-state index in [4.69, 9.17) is 4.74 Å². The number of carbonyl (C=O) groups is 1. The highest BCUT2D eigenvalue weighted by Crippen LogP contribution is 2.31. The van der Waals surface area contributed by atoms with E-state index >= 15 is 0 Å². The van der Waals surface area contributed by atoms with Crippen LogP contribution in [0, 0.1) is 29.9 Å². The van der Waals surface area contributed by atoms with Crippen molar-refractivity contribution in [3.05, 3.63) is 87.3 Å². The average molecular weight is 478 g/mol. The Kier molecular flexibility index (Phi) is 6.82. The molecule has 3 aromatic rings. The summed E-state index contributed by atoms with van der Waals surface area (Å²) in [7, 11) is 1.75. The van der Waals surface area contributed by atoms with Crippen molar-refractivity contribution in [2.24, 2.45) is 7.05 Å². The number of halogens is 2. The zero-order chi connectivity index (χ0) is 25.1. The Hall–Kier alpha value is -4.19. The van der Waals surface area contributed by atoms with Crippen LogP contribution >= 0.6 is 0 Å². The van der Waals surface area contributed by atoms with Crippen molar-refractivity contribution in [3.8, 4) is 11.8 Å². The second-order valence-corrected chi connectivity index (χ2v) is 8.48. The monoisotopic (exact) mass is 478 g/mol. The van der Waals surface area contributed by atoms with Gasteiger partial charge in [-0.2, -0.15) is 5.26 Å². The van der Waals surface area contributed by atoms with Crippen LogP contribution in [0.3, 0.4) is 0 Å². The number of rotatable bonds is 5. The molecule has 0 bridgehead atoms. The van der Waals surface area contributed by atoms with Gasteiger partial charge in [0.05, 0.1) is 23.0 Å². The van der Waals surface area contributed by atoms with Crippen molar-refractivity contribution in [2.45, 2.75) is 25.9 Å². The minimum Gasteiger partial charge on any atom is -0.487 e. The van der Waals surface area contributed by atoms with E-state index < -0.39 is 17.5 Å². The van der Waals surface area contributed by atoms with Gasteiger partial charge in [0.15, 0.2) is 17.0 Å². The highest BCUT2D eigenvalue weighted by Gasteiger charge is 2.24. The molecule has 180 valence electrons. The number of benzene rings is 2. The Morgan fingerprint density at radius 2 is 1.89 bits per heavy atom. The second-order valence-electron chi connectivity index (χ2n) is 8.48. The molecule has 2 heterocycles. The Morgan fingerprint density at radius 1 is 1.14 bits per heavy atom. The number of amides is 1. The lowest BCUT2D eigenvalue weighted by Crippen LogP contribution is -2.39. The predicted octanol–water partition coefficient (Wildman–Crippen LogP) is 4.14. The van der Waals surface area contributed by atoms with E-state index in [-0.39, 0.29) is 22.8 Å². The van der Waals surface area contributed by atoms with E-state index in [2.05, 4.69) is 11.4 Å². The number of nitriles is 1. The minimum absolute atomic E-state index is 0.000145. The van der Waals surface area contributed by atoms with Gasteiger partial charge in [0.25, 0.3) is 5.91 Å². The molecule has 1 aliphatic heterocycles. The molecule has 0 aliphatic carbocycles. The van der Waals surface area contributed by atoms with Crippen LogP contribution in [0.4, 0.5) is 20.2 Å². The molecule has 0 unspecified atom stereocenters. The molecule has 0 saturated carbocycles. The van der Waals surface area contributed by atoms with Crippen molar-refractivity contribution in [3.63, 3.8) is 0 Å². The lowest BCUT2D eigenvalue weighted by atomic mass is 10.1. The van der Waals surface area contributed by atoms with E-state index in [1.54, 1.807) is 36.7 Å². The van der Waals surface area contributed by atoms with Gasteiger partial charge in [0.1, 0.15) is 17.5 Å². The van der Waals surface area contributed by atoms with Crippen LogP contribution in [0.5, 0.6) is 5.75 Å². The average Bonchev–Trinajstić information content (AvgIpc) is 2.83. The highest BCUT2D eigenvalue weighted by molar-refractivity contribution is 6.05. The summed E-state index contributed by atoms with van der Waals surface area (Å²) in [6, 6.07) is 11.7. The van der Waals surface area contributed by atoms with Gasteiger partial charge >= 0.3 is 0 Å². The zero-order valence-electron chi connectivity index (χ0n) is 19.3. The normalized spacial score (nSPS) is 13.9. The molecule has 1 amide bonds. The van der Waals surface area contributed by atoms with Crippen molar-refractivity contribution in [2.75, 3.05) is 23.3 Å². The van der Waals surface area contributed by atoms with Crippen LogP contribution in [0.2, 0.25) is 0 Å². The van der Waals surface area contributed by atoms with E-state index in [0.29, 0.717) is 42.9 Å². The highest BCUT2D eigenvalue weighted by atomic mass is 19.1. The largest absolute Gasteiger partial charge is 0.487 e. The summed E-state index contributed by atoms with van der Waals surface area (Å²) in [6.07, 6.45) is 2.38. The summed E-state index contributed by atoms with van der Waals surface area (Å²) in [6.45, 7) is 2.87. The Morgan fingerprint density at radius 3 is 2.57 bits per heavy atom. The first-order valence-electron chi connectivity index (χ1n) is 11.1. The third kappa shape index (κ3) is 5.32. The summed E-state index contributed by atoms with van der Waals surface area (Å²) < 4.78 is 34.5. The van der Waals surface area contributed by atoms with Crippen LogP contribution in [0.25, 0.3) is 0 Å². The molecule has 1 saturated heterocycles. The van der Waals surface area contributed by atoms with Gasteiger partial charge in [-0.3, -0.25) is 9.59 Å². The molecule has 1 fully saturated rings. The zero-order valence-corrected chi connectivity index (χ0v) is 19.3. The molecule has 1 aromatic heterocycles. The molecule has 4 rings (SSSR count). The lowest BCUT2D eigenvalue weighted by molar-refractivity contribution is 0.102. The Labute approximate surface area is 201 Å². The summed E-state index contributed by atoms with van der Waals surface area (Å²) in [5, 5.41) is 12.1. The predicted molar refractivity (Wildman–Crippen MR) is 128 cm³/mol. The SMILES string of the molecule is Cc1cc(=O)c(C(=O)Nc2cc(C#N)ccc2N2CCC(Oc3ccc(F)cc3F)CC2)cn1C. The number of aromatic nitrogens is 1. The number of ether oxygens (including phenoxy) is 1. The maximum absolute atomic E-state index is 13.9. The van der Waals surface area contributed by atoms with E-state index in [1.165, 1.54) is 18.3 Å². The molecular weight excluding hydrogens is 454 g/mol. The lowest BCUT2D eigenvalue weighted by Gasteiger charge is -2.34. The van der Waals surface area contributed by atoms with Crippen molar-refractivity contribution >= 4 is 17.3 Å². The van der Waals surface area contributed by atoms with Crippen LogP contribution in [-0.4, -0.2) is 29.7 Å². The number of hydrogen-bond donors (Lipinski definition) is 1. The number of carbonyl (C=O) groups excluding carboxylic acids is 1. The standard InChI is InChI=1S/C26H24F2N4O3/c1-16-11-24(33)20(15-31(16)2)26(34)30-22-12-17(14-29)3-5-23(22)32-9-7-19(8-10-32)35-25-6-4-18(27)13-21(25)28/h3-6,11-13,15,19H,7-10H2,1-2H3,(H,30,34). The molecule has 0 radical (unpaired) electrons. The summed E-state index contributed by atoms with van der Waals surface area (Å²) >= 11 is 0. The van der Waals surface area contributed by atoms with Crippen molar-refractivity contribution < 1.29 is 18.3 Å². The summed E-state index contributed by atoms with van der Waals surface area (Å²) in [5.41, 5.74) is 1.82. The number of aryl methyl sites for hydroxylation is 2. The first kappa shape index (κ1) is 24.0. The number of nitrogens with one attached hydrogen (secondary N) is 1. The molecule has 2 aromatic carbocycles. The quantitative estimate of drug-likeness (QED) is 0.596. The van der Waals surface area contributed by atoms with Gasteiger partial charge in [-0.05, 0) is 37.3 Å². The van der Waals surface area contributed by atoms with Crippen LogP contribution in [0.1, 0.15) is 34.5 Å². The fourth-order valence-corrected chi connectivity index (χ4v) is 4.03. The smallest absolute Gasteiger partial charge is 0.261 e. The van der Waals surface area contributed by atoms with E-state index in [0.717, 1.165) is 17.8 Å². The number of anilines is 2. The minimum atomic E-state index is -0.744. The van der Waals surface area contributed by atoms with Gasteiger partial charge < -0.3 is 19.5 Å². The number of piperidine rings is 1. The topological polar surface area (TPSA) is 87.4 Å². The second kappa shape index (κ2) is 9.97. The van der Waals surface area contributed by atoms with Crippen molar-refractivity contribution in [1.82, 2.24) is 4.57 Å². The Bertz CT molecular complexity index is 1370. The number of hydrogen-bond acceptors (Lipinski definition) is 5. The third-order valence-electron chi connectivity index (χ3n) is 6.07. The first-order valence-corrected chi connectivity index (χ1v) is 11.1. The Balaban J connectivity index is 1.51. The number of pyridine rings is 1. The van der Waals surface area contributed by atoms with Crippen LogP contribution < -0.4 is 20.4 Å². The maximum Gasteiger partial charge on any atom is 0.261 e.